The normalized spacial score (nSPS) is 11.5. The molecule has 1 amide bonds. The molecule has 6 nitrogen and oxygen atoms in total. The first-order valence-electron chi connectivity index (χ1n) is 8.61. The second-order valence-electron chi connectivity index (χ2n) is 6.29. The van der Waals surface area contributed by atoms with E-state index in [1.807, 2.05) is 19.9 Å². The number of anilines is 1. The predicted molar refractivity (Wildman–Crippen MR) is 101 cm³/mol. The lowest BCUT2D eigenvalue weighted by atomic mass is 10.1. The van der Waals surface area contributed by atoms with Gasteiger partial charge in [-0.1, -0.05) is 18.2 Å². The van der Waals surface area contributed by atoms with Crippen molar-refractivity contribution in [3.63, 3.8) is 0 Å². The molecule has 27 heavy (non-hydrogen) atoms. The highest BCUT2D eigenvalue weighted by Gasteiger charge is 2.19. The highest BCUT2D eigenvalue weighted by Crippen LogP contribution is 2.12. The summed E-state index contributed by atoms with van der Waals surface area (Å²) in [6.07, 6.45) is -0.852. The highest BCUT2D eigenvalue weighted by molar-refractivity contribution is 5.97. The van der Waals surface area contributed by atoms with Crippen LogP contribution < -0.4 is 5.32 Å². The maximum Gasteiger partial charge on any atom is 0.338 e. The summed E-state index contributed by atoms with van der Waals surface area (Å²) >= 11 is 0. The van der Waals surface area contributed by atoms with Gasteiger partial charge in [-0.25, -0.2) is 4.79 Å². The number of nitrogens with zero attached hydrogens (tertiary/aromatic N) is 1. The molecule has 0 aliphatic heterocycles. The number of rotatable bonds is 7. The maximum absolute atomic E-state index is 12.2. The predicted octanol–water partition coefficient (Wildman–Crippen LogP) is 3.67. The van der Waals surface area contributed by atoms with Crippen molar-refractivity contribution in [3.05, 3.63) is 65.2 Å². The van der Waals surface area contributed by atoms with E-state index in [0.717, 1.165) is 5.56 Å². The Bertz CT molecular complexity index is 838. The van der Waals surface area contributed by atoms with Crippen LogP contribution in [0.3, 0.4) is 0 Å². The summed E-state index contributed by atoms with van der Waals surface area (Å²) in [6, 6.07) is 15.4. The van der Waals surface area contributed by atoms with Gasteiger partial charge in [0, 0.05) is 5.69 Å². The molecule has 0 bridgehead atoms. The zero-order chi connectivity index (χ0) is 19.8. The van der Waals surface area contributed by atoms with Crippen molar-refractivity contribution in [3.8, 4) is 6.07 Å². The number of hydrogen-bond acceptors (Lipinski definition) is 5. The van der Waals surface area contributed by atoms with E-state index in [4.69, 9.17) is 14.7 Å². The molecule has 1 atom stereocenters. The number of nitrogens with one attached hydrogen (secondary N) is 1. The number of esters is 1. The van der Waals surface area contributed by atoms with Gasteiger partial charge >= 0.3 is 5.97 Å². The summed E-state index contributed by atoms with van der Waals surface area (Å²) in [6.45, 7) is 5.86. The number of hydrogen-bond donors (Lipinski definition) is 1. The monoisotopic (exact) mass is 366 g/mol. The summed E-state index contributed by atoms with van der Waals surface area (Å²) < 4.78 is 10.7. The Morgan fingerprint density at radius 2 is 1.81 bits per heavy atom. The van der Waals surface area contributed by atoms with Crippen LogP contribution in [0.2, 0.25) is 0 Å². The molecule has 0 aliphatic rings. The van der Waals surface area contributed by atoms with Gasteiger partial charge in [0.2, 0.25) is 0 Å². The number of amides is 1. The van der Waals surface area contributed by atoms with Gasteiger partial charge in [-0.3, -0.25) is 4.79 Å². The minimum Gasteiger partial charge on any atom is -0.449 e. The van der Waals surface area contributed by atoms with Crippen LogP contribution in [-0.2, 0) is 20.9 Å². The van der Waals surface area contributed by atoms with Crippen molar-refractivity contribution < 1.29 is 19.1 Å². The van der Waals surface area contributed by atoms with Gasteiger partial charge in [0.05, 0.1) is 29.9 Å². The number of nitriles is 1. The first-order chi connectivity index (χ1) is 12.9. The Morgan fingerprint density at radius 3 is 2.44 bits per heavy atom. The van der Waals surface area contributed by atoms with Crippen LogP contribution in [0.25, 0.3) is 0 Å². The Balaban J connectivity index is 1.92. The second kappa shape index (κ2) is 9.51. The molecular weight excluding hydrogens is 344 g/mol. The van der Waals surface area contributed by atoms with Crippen molar-refractivity contribution >= 4 is 17.6 Å². The zero-order valence-electron chi connectivity index (χ0n) is 15.6. The van der Waals surface area contributed by atoms with Crippen LogP contribution in [0.1, 0.15) is 42.3 Å². The van der Waals surface area contributed by atoms with Crippen LogP contribution in [0, 0.1) is 11.3 Å². The summed E-state index contributed by atoms with van der Waals surface area (Å²) in [5.41, 5.74) is 2.20. The van der Waals surface area contributed by atoms with Crippen molar-refractivity contribution in [1.29, 1.82) is 5.26 Å². The van der Waals surface area contributed by atoms with E-state index in [0.29, 0.717) is 23.4 Å². The largest absolute Gasteiger partial charge is 0.449 e. The van der Waals surface area contributed by atoms with Crippen LogP contribution in [0.4, 0.5) is 5.69 Å². The summed E-state index contributed by atoms with van der Waals surface area (Å²) in [4.78, 5) is 24.4. The van der Waals surface area contributed by atoms with Gasteiger partial charge in [0.15, 0.2) is 6.10 Å². The average Bonchev–Trinajstić information content (AvgIpc) is 2.66. The maximum atomic E-state index is 12.2. The lowest BCUT2D eigenvalue weighted by Crippen LogP contribution is -2.30. The number of carbonyl (C=O) groups excluding carboxylic acids is 2. The van der Waals surface area contributed by atoms with E-state index in [1.165, 1.54) is 6.92 Å². The van der Waals surface area contributed by atoms with Gasteiger partial charge < -0.3 is 14.8 Å². The molecule has 140 valence electrons. The molecule has 6 heteroatoms. The zero-order valence-corrected chi connectivity index (χ0v) is 15.6. The molecular formula is C21H22N2O4. The second-order valence-corrected chi connectivity index (χ2v) is 6.29. The van der Waals surface area contributed by atoms with E-state index in [1.54, 1.807) is 48.5 Å². The molecule has 0 heterocycles. The van der Waals surface area contributed by atoms with Crippen LogP contribution in [-0.4, -0.2) is 24.1 Å². The molecule has 0 radical (unpaired) electrons. The quantitative estimate of drug-likeness (QED) is 0.755. The lowest BCUT2D eigenvalue weighted by molar-refractivity contribution is -0.123. The highest BCUT2D eigenvalue weighted by atomic mass is 16.5. The molecule has 0 unspecified atom stereocenters. The van der Waals surface area contributed by atoms with E-state index >= 15 is 0 Å². The fourth-order valence-corrected chi connectivity index (χ4v) is 2.19. The minimum absolute atomic E-state index is 0.128. The van der Waals surface area contributed by atoms with E-state index in [9.17, 15) is 9.59 Å². The van der Waals surface area contributed by atoms with Gasteiger partial charge in [0.25, 0.3) is 5.91 Å². The molecule has 0 saturated heterocycles. The van der Waals surface area contributed by atoms with Crippen LogP contribution in [0.15, 0.2) is 48.5 Å². The molecule has 2 aromatic rings. The topological polar surface area (TPSA) is 88.4 Å². The summed E-state index contributed by atoms with van der Waals surface area (Å²) in [5.74, 6) is -1.06. The first kappa shape index (κ1) is 20.1. The van der Waals surface area contributed by atoms with Crippen molar-refractivity contribution in [2.75, 3.05) is 5.32 Å². The van der Waals surface area contributed by atoms with Crippen molar-refractivity contribution in [1.82, 2.24) is 0 Å². The van der Waals surface area contributed by atoms with E-state index < -0.39 is 18.0 Å². The molecule has 0 spiro atoms. The minimum atomic E-state index is -0.979. The average molecular weight is 366 g/mol. The molecule has 2 aromatic carbocycles. The molecule has 2 rings (SSSR count). The standard InChI is InChI=1S/C21H22N2O4/c1-14(2)26-13-16-7-9-18(10-8-16)21(25)27-15(3)20(24)23-19-6-4-5-17(11-19)12-22/h4-11,14-15H,13H2,1-3H3,(H,23,24)/t15-/m0/s1. The Hall–Kier alpha value is -3.17. The molecule has 0 aliphatic carbocycles. The number of ether oxygens (including phenoxy) is 2. The van der Waals surface area contributed by atoms with Crippen molar-refractivity contribution in [2.24, 2.45) is 0 Å². The van der Waals surface area contributed by atoms with Gasteiger partial charge in [-0.15, -0.1) is 0 Å². The third-order valence-corrected chi connectivity index (χ3v) is 3.69. The third kappa shape index (κ3) is 6.24. The SMILES string of the molecule is CC(C)OCc1ccc(C(=O)O[C@@H](C)C(=O)Nc2cccc(C#N)c2)cc1. The third-order valence-electron chi connectivity index (χ3n) is 3.69. The summed E-state index contributed by atoms with van der Waals surface area (Å²) in [7, 11) is 0. The fraction of sp³-hybridized carbons (Fsp3) is 0.286. The van der Waals surface area contributed by atoms with Crippen LogP contribution in [0.5, 0.6) is 0 Å². The molecule has 0 aromatic heterocycles. The van der Waals surface area contributed by atoms with E-state index in [-0.39, 0.29) is 6.10 Å². The number of carbonyl (C=O) groups is 2. The molecule has 1 N–H and O–H groups in total. The van der Waals surface area contributed by atoms with Crippen molar-refractivity contribution in [2.45, 2.75) is 39.6 Å². The Kier molecular flexibility index (Phi) is 7.09. The van der Waals surface area contributed by atoms with Gasteiger partial charge in [-0.05, 0) is 56.7 Å². The number of benzene rings is 2. The van der Waals surface area contributed by atoms with Gasteiger partial charge in [-0.2, -0.15) is 5.26 Å². The van der Waals surface area contributed by atoms with Crippen LogP contribution >= 0.6 is 0 Å². The van der Waals surface area contributed by atoms with Gasteiger partial charge in [0.1, 0.15) is 0 Å². The summed E-state index contributed by atoms with van der Waals surface area (Å²) in [5, 5.41) is 11.5. The first-order valence-corrected chi connectivity index (χ1v) is 8.61. The Morgan fingerprint density at radius 1 is 1.11 bits per heavy atom. The smallest absolute Gasteiger partial charge is 0.338 e. The fourth-order valence-electron chi connectivity index (χ4n) is 2.19. The molecule has 0 saturated carbocycles. The lowest BCUT2D eigenvalue weighted by Gasteiger charge is -2.14. The Labute approximate surface area is 158 Å². The van der Waals surface area contributed by atoms with E-state index in [2.05, 4.69) is 5.32 Å². The molecule has 0 fully saturated rings.